The molecule has 0 radical (unpaired) electrons. The van der Waals surface area contributed by atoms with Crippen molar-refractivity contribution in [3.8, 4) is 0 Å². The first-order valence-electron chi connectivity index (χ1n) is 6.39. The molecule has 0 saturated heterocycles. The molecule has 0 aliphatic rings. The summed E-state index contributed by atoms with van der Waals surface area (Å²) in [6.07, 6.45) is 3.00. The third-order valence-corrected chi connectivity index (χ3v) is 3.29. The Kier molecular flexibility index (Phi) is 7.28. The van der Waals surface area contributed by atoms with Gasteiger partial charge in [0.1, 0.15) is 6.33 Å². The summed E-state index contributed by atoms with van der Waals surface area (Å²) in [5, 5.41) is 7.79. The lowest BCUT2D eigenvalue weighted by atomic mass is 10.2. The third kappa shape index (κ3) is 6.68. The molecule has 0 atom stereocenters. The minimum Gasteiger partial charge on any atom is -0.310 e. The summed E-state index contributed by atoms with van der Waals surface area (Å²) < 4.78 is 1.95. The second kappa shape index (κ2) is 8.53. The highest BCUT2D eigenvalue weighted by Gasteiger charge is 2.01. The Morgan fingerprint density at radius 1 is 1.47 bits per heavy atom. The predicted molar refractivity (Wildman–Crippen MR) is 74.2 cm³/mol. The molecule has 1 aromatic heterocycles. The van der Waals surface area contributed by atoms with E-state index in [4.69, 9.17) is 0 Å². The minimum absolute atomic E-state index is 0.670. The number of hydrogen-bond acceptors (Lipinski definition) is 4. The third-order valence-electron chi connectivity index (χ3n) is 2.30. The fraction of sp³-hybridized carbons (Fsp3) is 0.833. The molecule has 0 unspecified atom stereocenters. The lowest BCUT2D eigenvalue weighted by Crippen LogP contribution is -2.19. The summed E-state index contributed by atoms with van der Waals surface area (Å²) in [5.74, 6) is 3.97. The summed E-state index contributed by atoms with van der Waals surface area (Å²) in [6.45, 7) is 9.36. The lowest BCUT2D eigenvalue weighted by molar-refractivity contribution is 0.535. The Hall–Kier alpha value is -0.550. The van der Waals surface area contributed by atoms with Gasteiger partial charge in [-0.25, -0.2) is 4.98 Å². The zero-order valence-electron chi connectivity index (χ0n) is 11.1. The molecule has 0 fully saturated rings. The second-order valence-electron chi connectivity index (χ2n) is 4.50. The van der Waals surface area contributed by atoms with Crippen molar-refractivity contribution >= 4 is 11.8 Å². The number of nitrogens with one attached hydrogen (secondary N) is 1. The first-order valence-corrected chi connectivity index (χ1v) is 7.54. The van der Waals surface area contributed by atoms with Crippen molar-refractivity contribution in [3.63, 3.8) is 0 Å². The Labute approximate surface area is 109 Å². The quantitative estimate of drug-likeness (QED) is 0.688. The van der Waals surface area contributed by atoms with E-state index in [0.717, 1.165) is 25.5 Å². The molecule has 0 bridgehead atoms. The van der Waals surface area contributed by atoms with E-state index in [0.29, 0.717) is 5.92 Å². The summed E-state index contributed by atoms with van der Waals surface area (Å²) >= 11 is 1.98. The standard InChI is InChI=1S/C12H24N4S/c1-4-17-7-5-6-16-10-14-12(15-16)9-13-8-11(2)3/h10-11,13H,4-9H2,1-3H3. The van der Waals surface area contributed by atoms with Crippen LogP contribution in [0.15, 0.2) is 6.33 Å². The van der Waals surface area contributed by atoms with Crippen LogP contribution in [0.3, 0.4) is 0 Å². The van der Waals surface area contributed by atoms with Gasteiger partial charge in [-0.1, -0.05) is 20.8 Å². The van der Waals surface area contributed by atoms with Gasteiger partial charge < -0.3 is 5.32 Å². The van der Waals surface area contributed by atoms with Gasteiger partial charge in [0.25, 0.3) is 0 Å². The Morgan fingerprint density at radius 3 is 3.00 bits per heavy atom. The van der Waals surface area contributed by atoms with Gasteiger partial charge in [-0.2, -0.15) is 16.9 Å². The number of aromatic nitrogens is 3. The van der Waals surface area contributed by atoms with Gasteiger partial charge in [0.05, 0.1) is 6.54 Å². The van der Waals surface area contributed by atoms with Gasteiger partial charge in [-0.05, 0) is 30.4 Å². The molecule has 0 aromatic carbocycles. The summed E-state index contributed by atoms with van der Waals surface area (Å²) in [7, 11) is 0. The van der Waals surface area contributed by atoms with Crippen LogP contribution in [0.4, 0.5) is 0 Å². The molecule has 1 N–H and O–H groups in total. The van der Waals surface area contributed by atoms with Crippen molar-refractivity contribution in [2.45, 2.75) is 40.3 Å². The molecule has 0 saturated carbocycles. The second-order valence-corrected chi connectivity index (χ2v) is 5.89. The van der Waals surface area contributed by atoms with E-state index < -0.39 is 0 Å². The highest BCUT2D eigenvalue weighted by atomic mass is 32.2. The first kappa shape index (κ1) is 14.5. The van der Waals surface area contributed by atoms with E-state index in [1.807, 2.05) is 22.8 Å². The van der Waals surface area contributed by atoms with Crippen LogP contribution in [0.5, 0.6) is 0 Å². The molecule has 0 spiro atoms. The van der Waals surface area contributed by atoms with Gasteiger partial charge in [0.15, 0.2) is 5.82 Å². The normalized spacial score (nSPS) is 11.3. The average molecular weight is 256 g/mol. The first-order chi connectivity index (χ1) is 8.22. The fourth-order valence-electron chi connectivity index (χ4n) is 1.47. The molecule has 0 amide bonds. The lowest BCUT2D eigenvalue weighted by Gasteiger charge is -2.04. The van der Waals surface area contributed by atoms with E-state index in [1.165, 1.54) is 17.9 Å². The van der Waals surface area contributed by atoms with Crippen LogP contribution in [-0.4, -0.2) is 32.8 Å². The molecule has 1 aromatic rings. The smallest absolute Gasteiger partial charge is 0.164 e. The van der Waals surface area contributed by atoms with Crippen LogP contribution >= 0.6 is 11.8 Å². The van der Waals surface area contributed by atoms with E-state index in [-0.39, 0.29) is 0 Å². The van der Waals surface area contributed by atoms with Crippen LogP contribution in [-0.2, 0) is 13.1 Å². The molecule has 17 heavy (non-hydrogen) atoms. The molecule has 0 aliphatic carbocycles. The van der Waals surface area contributed by atoms with Crippen molar-refractivity contribution in [1.82, 2.24) is 20.1 Å². The molecular weight excluding hydrogens is 232 g/mol. The topological polar surface area (TPSA) is 42.7 Å². The van der Waals surface area contributed by atoms with Gasteiger partial charge in [0, 0.05) is 6.54 Å². The van der Waals surface area contributed by atoms with Crippen LogP contribution in [0.25, 0.3) is 0 Å². The van der Waals surface area contributed by atoms with Crippen LogP contribution in [0.2, 0.25) is 0 Å². The summed E-state index contributed by atoms with van der Waals surface area (Å²) in [4.78, 5) is 4.29. The Morgan fingerprint density at radius 2 is 2.29 bits per heavy atom. The van der Waals surface area contributed by atoms with Crippen molar-refractivity contribution < 1.29 is 0 Å². The molecule has 1 heterocycles. The van der Waals surface area contributed by atoms with Crippen molar-refractivity contribution in [2.24, 2.45) is 5.92 Å². The maximum absolute atomic E-state index is 4.44. The largest absolute Gasteiger partial charge is 0.310 e. The maximum atomic E-state index is 4.44. The zero-order chi connectivity index (χ0) is 12.5. The number of nitrogens with zero attached hydrogens (tertiary/aromatic N) is 3. The van der Waals surface area contributed by atoms with Gasteiger partial charge in [-0.3, -0.25) is 4.68 Å². The van der Waals surface area contributed by atoms with Crippen LogP contribution < -0.4 is 5.32 Å². The molecule has 5 heteroatoms. The Balaban J connectivity index is 2.18. The van der Waals surface area contributed by atoms with Gasteiger partial charge in [-0.15, -0.1) is 0 Å². The average Bonchev–Trinajstić information content (AvgIpc) is 2.72. The van der Waals surface area contributed by atoms with Gasteiger partial charge in [0.2, 0.25) is 0 Å². The van der Waals surface area contributed by atoms with Crippen molar-refractivity contribution in [1.29, 1.82) is 0 Å². The predicted octanol–water partition coefficient (Wildman–Crippen LogP) is 2.17. The minimum atomic E-state index is 0.670. The number of rotatable bonds is 9. The zero-order valence-corrected chi connectivity index (χ0v) is 12.0. The molecule has 98 valence electrons. The highest BCUT2D eigenvalue weighted by molar-refractivity contribution is 7.99. The Bertz CT molecular complexity index is 298. The van der Waals surface area contributed by atoms with E-state index in [2.05, 4.69) is 36.2 Å². The monoisotopic (exact) mass is 256 g/mol. The maximum Gasteiger partial charge on any atom is 0.164 e. The SMILES string of the molecule is CCSCCCn1cnc(CNCC(C)C)n1. The molecule has 4 nitrogen and oxygen atoms in total. The number of aryl methyl sites for hydroxylation is 1. The van der Waals surface area contributed by atoms with E-state index >= 15 is 0 Å². The molecular formula is C12H24N4S. The summed E-state index contributed by atoms with van der Waals surface area (Å²) in [5.41, 5.74) is 0. The summed E-state index contributed by atoms with van der Waals surface area (Å²) in [6, 6.07) is 0. The fourth-order valence-corrected chi connectivity index (χ4v) is 2.09. The van der Waals surface area contributed by atoms with Crippen molar-refractivity contribution in [2.75, 3.05) is 18.1 Å². The van der Waals surface area contributed by atoms with Crippen molar-refractivity contribution in [3.05, 3.63) is 12.2 Å². The number of hydrogen-bond donors (Lipinski definition) is 1. The highest BCUT2D eigenvalue weighted by Crippen LogP contribution is 2.02. The number of thioether (sulfide) groups is 1. The molecule has 1 rings (SSSR count). The van der Waals surface area contributed by atoms with E-state index in [1.54, 1.807) is 0 Å². The van der Waals surface area contributed by atoms with Gasteiger partial charge >= 0.3 is 0 Å². The molecule has 0 aliphatic heterocycles. The van der Waals surface area contributed by atoms with Crippen LogP contribution in [0, 0.1) is 5.92 Å². The van der Waals surface area contributed by atoms with E-state index in [9.17, 15) is 0 Å². The van der Waals surface area contributed by atoms with Crippen LogP contribution in [0.1, 0.15) is 33.0 Å².